The van der Waals surface area contributed by atoms with Gasteiger partial charge in [-0.2, -0.15) is 0 Å². The molecule has 1 atom stereocenters. The summed E-state index contributed by atoms with van der Waals surface area (Å²) in [6.07, 6.45) is 0. The lowest BCUT2D eigenvalue weighted by Gasteiger charge is -2.12. The third kappa shape index (κ3) is 3.67. The average Bonchev–Trinajstić information content (AvgIpc) is 2.01. The molecule has 1 aromatic carbocycles. The van der Waals surface area contributed by atoms with Crippen LogP contribution in [0.15, 0.2) is 29.2 Å². The van der Waals surface area contributed by atoms with Crippen molar-refractivity contribution in [3.63, 3.8) is 0 Å². The van der Waals surface area contributed by atoms with Gasteiger partial charge in [-0.3, -0.25) is 0 Å². The fourth-order valence-corrected chi connectivity index (χ4v) is 3.16. The third-order valence-electron chi connectivity index (χ3n) is 1.25. The Morgan fingerprint density at radius 3 is 2.71 bits per heavy atom. The van der Waals surface area contributed by atoms with E-state index in [1.165, 1.54) is 24.3 Å². The van der Waals surface area contributed by atoms with Crippen molar-refractivity contribution in [3.8, 4) is 0 Å². The van der Waals surface area contributed by atoms with Crippen molar-refractivity contribution in [1.82, 2.24) is 0 Å². The molecule has 0 aliphatic rings. The first-order chi connectivity index (χ1) is 6.38. The standard InChI is InChI=1S/C6H5ClNO4PS/c7-13(11,12)14-6-3-1-2-5(4-6)8(9)10/h1-4H,(H-,9,10,11,12). The highest BCUT2D eigenvalue weighted by Crippen LogP contribution is 2.59. The van der Waals surface area contributed by atoms with Crippen LogP contribution in [0.5, 0.6) is 0 Å². The lowest BCUT2D eigenvalue weighted by molar-refractivity contribution is -0.729. The maximum atomic E-state index is 10.7. The van der Waals surface area contributed by atoms with E-state index < -0.39 is 5.92 Å². The molecule has 0 amide bonds. The van der Waals surface area contributed by atoms with Crippen LogP contribution in [-0.2, 0) is 4.57 Å². The number of halogens is 1. The Kier molecular flexibility index (Phi) is 3.55. The van der Waals surface area contributed by atoms with E-state index in [0.29, 0.717) is 11.4 Å². The Bertz CT molecular complexity index is 407. The maximum absolute atomic E-state index is 10.7. The molecule has 0 saturated heterocycles. The van der Waals surface area contributed by atoms with Gasteiger partial charge in [0.1, 0.15) is 0 Å². The first kappa shape index (κ1) is 11.5. The summed E-state index contributed by atoms with van der Waals surface area (Å²) in [5.41, 5.74) is -0.0554. The van der Waals surface area contributed by atoms with Gasteiger partial charge in [0, 0.05) is 17.0 Å². The second-order valence-corrected chi connectivity index (χ2v) is 7.73. The molecular formula is C6H5ClNO4PS. The maximum Gasteiger partial charge on any atom is 0.317 e. The van der Waals surface area contributed by atoms with Crippen molar-refractivity contribution >= 4 is 34.2 Å². The summed E-state index contributed by atoms with van der Waals surface area (Å²) in [4.78, 5) is 21.0. The van der Waals surface area contributed by atoms with Gasteiger partial charge in [0.05, 0.1) is 4.91 Å². The molecule has 1 N–H and O–H groups in total. The molecule has 14 heavy (non-hydrogen) atoms. The highest BCUT2D eigenvalue weighted by molar-refractivity contribution is 8.63. The molecule has 0 spiro atoms. The molecule has 0 aliphatic heterocycles. The molecule has 0 aromatic heterocycles. The Morgan fingerprint density at radius 1 is 1.57 bits per heavy atom. The fourth-order valence-electron chi connectivity index (χ4n) is 0.785. The number of benzene rings is 1. The largest absolute Gasteiger partial charge is 0.780 e. The fraction of sp³-hybridized carbons (Fsp3) is 0. The van der Waals surface area contributed by atoms with Crippen LogP contribution in [0.25, 0.3) is 0 Å². The van der Waals surface area contributed by atoms with E-state index in [1.807, 2.05) is 0 Å². The van der Waals surface area contributed by atoms with Crippen molar-refractivity contribution in [2.24, 2.45) is 0 Å². The highest BCUT2D eigenvalue weighted by Gasteiger charge is 2.13. The van der Waals surface area contributed by atoms with Gasteiger partial charge < -0.3 is 9.46 Å². The monoisotopic (exact) mass is 253 g/mol. The topological polar surface area (TPSA) is 80.4 Å². The van der Waals surface area contributed by atoms with E-state index in [0.717, 1.165) is 0 Å². The minimum Gasteiger partial charge on any atom is -0.780 e. The zero-order valence-corrected chi connectivity index (χ0v) is 9.13. The Labute approximate surface area is 88.2 Å². The summed E-state index contributed by atoms with van der Waals surface area (Å²) in [5, 5.41) is 8.53. The predicted molar refractivity (Wildman–Crippen MR) is 50.8 cm³/mol. The molecule has 5 nitrogen and oxygen atoms in total. The third-order valence-corrected chi connectivity index (χ3v) is 3.84. The van der Waals surface area contributed by atoms with Gasteiger partial charge in [-0.15, -0.1) is 0 Å². The summed E-state index contributed by atoms with van der Waals surface area (Å²) >= 11 is 5.43. The van der Waals surface area contributed by atoms with Crippen LogP contribution in [-0.4, -0.2) is 10.1 Å². The van der Waals surface area contributed by atoms with Crippen molar-refractivity contribution in [2.45, 2.75) is 4.90 Å². The van der Waals surface area contributed by atoms with Gasteiger partial charge in [0.25, 0.3) is 4.92 Å². The second kappa shape index (κ2) is 4.31. The van der Waals surface area contributed by atoms with Crippen LogP contribution < -0.4 is 4.89 Å². The SMILES string of the molecule is O=[N+](O)c1cccc(SP(=O)([O-])Cl)c1. The quantitative estimate of drug-likeness (QED) is 0.660. The number of nitrogens with zero attached hydrogens (tertiary/aromatic N) is 1. The van der Waals surface area contributed by atoms with Crippen LogP contribution in [0.2, 0.25) is 0 Å². The summed E-state index contributed by atoms with van der Waals surface area (Å²) in [5.74, 6) is -4.00. The van der Waals surface area contributed by atoms with E-state index in [4.69, 9.17) is 16.4 Å². The molecular weight excluding hydrogens is 249 g/mol. The van der Waals surface area contributed by atoms with Crippen LogP contribution >= 0.6 is 28.5 Å². The molecule has 0 radical (unpaired) electrons. The number of hydrogen-bond acceptors (Lipinski definition) is 4. The molecule has 0 heterocycles. The molecule has 0 saturated carbocycles. The van der Waals surface area contributed by atoms with Crippen molar-refractivity contribution in [2.75, 3.05) is 0 Å². The van der Waals surface area contributed by atoms with E-state index in [2.05, 4.69) is 0 Å². The molecule has 1 aromatic rings. The zero-order chi connectivity index (χ0) is 10.8. The Hall–Kier alpha value is -0.550. The lowest BCUT2D eigenvalue weighted by Crippen LogP contribution is -1.92. The van der Waals surface area contributed by atoms with Crippen LogP contribution in [0.1, 0.15) is 0 Å². The van der Waals surface area contributed by atoms with Crippen LogP contribution in [0.4, 0.5) is 5.69 Å². The molecule has 1 unspecified atom stereocenters. The van der Waals surface area contributed by atoms with Gasteiger partial charge in [-0.05, 0) is 6.07 Å². The number of hydrogen-bond donors (Lipinski definition) is 1. The first-order valence-corrected chi connectivity index (χ1v) is 7.30. The molecule has 1 rings (SSSR count). The van der Waals surface area contributed by atoms with E-state index >= 15 is 0 Å². The van der Waals surface area contributed by atoms with Gasteiger partial charge in [0.2, 0.25) is 0 Å². The van der Waals surface area contributed by atoms with Crippen molar-refractivity contribution < 1.29 is 19.6 Å². The molecule has 0 fully saturated rings. The van der Waals surface area contributed by atoms with E-state index in [-0.39, 0.29) is 15.5 Å². The first-order valence-electron chi connectivity index (χ1n) is 3.35. The lowest BCUT2D eigenvalue weighted by atomic mass is 10.3. The normalized spacial score (nSPS) is 14.7. The Balaban J connectivity index is 2.95. The van der Waals surface area contributed by atoms with Gasteiger partial charge >= 0.3 is 5.69 Å². The summed E-state index contributed by atoms with van der Waals surface area (Å²) < 4.78 is 10.7. The van der Waals surface area contributed by atoms with Gasteiger partial charge in [0.15, 0.2) is 5.92 Å². The molecule has 0 bridgehead atoms. The molecule has 76 valence electrons. The van der Waals surface area contributed by atoms with E-state index in [1.54, 1.807) is 0 Å². The number of rotatable bonds is 3. The van der Waals surface area contributed by atoms with E-state index in [9.17, 15) is 14.4 Å². The molecule has 8 heteroatoms. The highest BCUT2D eigenvalue weighted by atomic mass is 35.7. The summed E-state index contributed by atoms with van der Waals surface area (Å²) in [6, 6.07) is 5.45. The Morgan fingerprint density at radius 2 is 2.21 bits per heavy atom. The van der Waals surface area contributed by atoms with Crippen molar-refractivity contribution in [3.05, 3.63) is 29.2 Å². The zero-order valence-electron chi connectivity index (χ0n) is 6.66. The minimum absolute atomic E-state index is 0.0554. The van der Waals surface area contributed by atoms with Crippen LogP contribution in [0.3, 0.4) is 0 Å². The van der Waals surface area contributed by atoms with Crippen molar-refractivity contribution in [1.29, 1.82) is 0 Å². The average molecular weight is 254 g/mol. The molecule has 0 aliphatic carbocycles. The minimum atomic E-state index is -4.00. The van der Waals surface area contributed by atoms with Gasteiger partial charge in [-0.1, -0.05) is 28.7 Å². The second-order valence-electron chi connectivity index (χ2n) is 2.29. The smallest absolute Gasteiger partial charge is 0.317 e. The van der Waals surface area contributed by atoms with Gasteiger partial charge in [-0.25, -0.2) is 5.21 Å². The summed E-state index contributed by atoms with van der Waals surface area (Å²) in [6.45, 7) is 0. The summed E-state index contributed by atoms with van der Waals surface area (Å²) in [7, 11) is 0. The predicted octanol–water partition coefficient (Wildman–Crippen LogP) is 2.29. The van der Waals surface area contributed by atoms with Crippen LogP contribution in [0, 0.1) is 4.91 Å².